The molecule has 1 aromatic heterocycles. The first kappa shape index (κ1) is 19.4. The van der Waals surface area contributed by atoms with Gasteiger partial charge in [-0.1, -0.05) is 11.6 Å². The summed E-state index contributed by atoms with van der Waals surface area (Å²) in [5.41, 5.74) is 5.63. The third-order valence-corrected chi connectivity index (χ3v) is 6.02. The Bertz CT molecular complexity index is 953. The molecule has 1 fully saturated rings. The molecule has 7 nitrogen and oxygen atoms in total. The SMILES string of the molecule is NC(=O)C1CCCN(c2ccc(NS(=O)(=O)c3ccc(F)c(Cl)c3)cn2)C1. The minimum absolute atomic E-state index is 0.154. The Morgan fingerprint density at radius 1 is 1.33 bits per heavy atom. The molecule has 0 spiro atoms. The van der Waals surface area contributed by atoms with Crippen LogP contribution >= 0.6 is 11.6 Å². The van der Waals surface area contributed by atoms with Crippen LogP contribution in [0.1, 0.15) is 12.8 Å². The molecule has 2 heterocycles. The van der Waals surface area contributed by atoms with Crippen molar-refractivity contribution >= 4 is 39.0 Å². The quantitative estimate of drug-likeness (QED) is 0.784. The normalized spacial score (nSPS) is 17.6. The number of nitrogens with two attached hydrogens (primary N) is 1. The second-order valence-corrected chi connectivity index (χ2v) is 8.36. The number of piperidine rings is 1. The summed E-state index contributed by atoms with van der Waals surface area (Å²) in [5, 5.41) is -0.277. The van der Waals surface area contributed by atoms with E-state index >= 15 is 0 Å². The molecule has 1 saturated heterocycles. The van der Waals surface area contributed by atoms with Crippen molar-refractivity contribution in [3.63, 3.8) is 0 Å². The largest absolute Gasteiger partial charge is 0.369 e. The average molecular weight is 413 g/mol. The Morgan fingerprint density at radius 2 is 2.11 bits per heavy atom. The molecule has 1 aliphatic rings. The number of halogens is 2. The topological polar surface area (TPSA) is 105 Å². The number of benzene rings is 1. The Hall–Kier alpha value is -2.39. The first-order valence-corrected chi connectivity index (χ1v) is 10.1. The molecule has 1 unspecified atom stereocenters. The number of primary amides is 1. The van der Waals surface area contributed by atoms with Gasteiger partial charge in [0.25, 0.3) is 10.0 Å². The number of sulfonamides is 1. The molecule has 1 aromatic carbocycles. The number of hydrogen-bond acceptors (Lipinski definition) is 5. The van der Waals surface area contributed by atoms with Crippen molar-refractivity contribution in [1.82, 2.24) is 4.98 Å². The zero-order chi connectivity index (χ0) is 19.6. The molecule has 1 atom stereocenters. The zero-order valence-electron chi connectivity index (χ0n) is 14.2. The number of rotatable bonds is 5. The molecule has 3 rings (SSSR count). The van der Waals surface area contributed by atoms with Crippen LogP contribution in [0, 0.1) is 11.7 Å². The molecule has 3 N–H and O–H groups in total. The van der Waals surface area contributed by atoms with Crippen LogP contribution in [0.3, 0.4) is 0 Å². The van der Waals surface area contributed by atoms with E-state index in [1.54, 1.807) is 12.1 Å². The number of hydrogen-bond donors (Lipinski definition) is 2. The first-order chi connectivity index (χ1) is 12.8. The van der Waals surface area contributed by atoms with Crippen molar-refractivity contribution in [3.05, 3.63) is 47.4 Å². The van der Waals surface area contributed by atoms with E-state index in [2.05, 4.69) is 9.71 Å². The van der Waals surface area contributed by atoms with E-state index in [0.29, 0.717) is 12.4 Å². The van der Waals surface area contributed by atoms with Crippen LogP contribution in [0.4, 0.5) is 15.9 Å². The van der Waals surface area contributed by atoms with Gasteiger partial charge < -0.3 is 10.6 Å². The summed E-state index contributed by atoms with van der Waals surface area (Å²) in [4.78, 5) is 17.4. The summed E-state index contributed by atoms with van der Waals surface area (Å²) in [5.74, 6) is -0.616. The third-order valence-electron chi connectivity index (χ3n) is 4.35. The van der Waals surface area contributed by atoms with Crippen LogP contribution in [-0.2, 0) is 14.8 Å². The molecule has 1 aliphatic heterocycles. The summed E-state index contributed by atoms with van der Waals surface area (Å²) in [6.07, 6.45) is 2.96. The maximum Gasteiger partial charge on any atom is 0.261 e. The maximum atomic E-state index is 13.2. The smallest absolute Gasteiger partial charge is 0.261 e. The van der Waals surface area contributed by atoms with Crippen LogP contribution in [0.25, 0.3) is 0 Å². The van der Waals surface area contributed by atoms with Crippen LogP contribution in [0.2, 0.25) is 5.02 Å². The summed E-state index contributed by atoms with van der Waals surface area (Å²) < 4.78 is 40.4. The minimum atomic E-state index is -3.93. The van der Waals surface area contributed by atoms with Gasteiger partial charge in [0.15, 0.2) is 0 Å². The van der Waals surface area contributed by atoms with Crippen molar-refractivity contribution in [1.29, 1.82) is 0 Å². The van der Waals surface area contributed by atoms with E-state index in [1.165, 1.54) is 6.20 Å². The molecular formula is C17H18ClFN4O3S. The Morgan fingerprint density at radius 3 is 2.74 bits per heavy atom. The molecule has 144 valence electrons. The lowest BCUT2D eigenvalue weighted by atomic mass is 9.97. The van der Waals surface area contributed by atoms with Gasteiger partial charge in [-0.2, -0.15) is 0 Å². The predicted molar refractivity (Wildman–Crippen MR) is 101 cm³/mol. The van der Waals surface area contributed by atoms with Crippen LogP contribution in [0.15, 0.2) is 41.4 Å². The lowest BCUT2D eigenvalue weighted by Crippen LogP contribution is -2.41. The molecule has 2 aromatic rings. The van der Waals surface area contributed by atoms with Crippen molar-refractivity contribution in [3.8, 4) is 0 Å². The predicted octanol–water partition coefficient (Wildman–Crippen LogP) is 2.38. The highest BCUT2D eigenvalue weighted by atomic mass is 35.5. The molecule has 10 heteroatoms. The Balaban J connectivity index is 1.73. The van der Waals surface area contributed by atoms with Gasteiger partial charge in [0.1, 0.15) is 11.6 Å². The van der Waals surface area contributed by atoms with Gasteiger partial charge in [-0.05, 0) is 43.2 Å². The first-order valence-electron chi connectivity index (χ1n) is 8.24. The highest BCUT2D eigenvalue weighted by Crippen LogP contribution is 2.24. The highest BCUT2D eigenvalue weighted by Gasteiger charge is 2.25. The van der Waals surface area contributed by atoms with Gasteiger partial charge in [0, 0.05) is 13.1 Å². The Kier molecular flexibility index (Phi) is 5.52. The monoisotopic (exact) mass is 412 g/mol. The van der Waals surface area contributed by atoms with Gasteiger partial charge in [0.05, 0.1) is 27.7 Å². The summed E-state index contributed by atoms with van der Waals surface area (Å²) in [7, 11) is -3.93. The zero-order valence-corrected chi connectivity index (χ0v) is 15.8. The number of amides is 1. The van der Waals surface area contributed by atoms with Crippen molar-refractivity contribution < 1.29 is 17.6 Å². The number of nitrogens with one attached hydrogen (secondary N) is 1. The molecule has 0 saturated carbocycles. The van der Waals surface area contributed by atoms with E-state index in [9.17, 15) is 17.6 Å². The summed E-state index contributed by atoms with van der Waals surface area (Å²) in [6, 6.07) is 6.39. The molecule has 0 bridgehead atoms. The van der Waals surface area contributed by atoms with Crippen LogP contribution < -0.4 is 15.4 Å². The fourth-order valence-corrected chi connectivity index (χ4v) is 4.22. The number of pyridine rings is 1. The van der Waals surface area contributed by atoms with E-state index < -0.39 is 15.8 Å². The molecule has 27 heavy (non-hydrogen) atoms. The summed E-state index contributed by atoms with van der Waals surface area (Å²) >= 11 is 5.65. The second-order valence-electron chi connectivity index (χ2n) is 6.27. The fourth-order valence-electron chi connectivity index (χ4n) is 2.91. The van der Waals surface area contributed by atoms with Crippen molar-refractivity contribution in [2.24, 2.45) is 11.7 Å². The average Bonchev–Trinajstić information content (AvgIpc) is 2.64. The van der Waals surface area contributed by atoms with Gasteiger partial charge in [0.2, 0.25) is 5.91 Å². The number of carbonyl (C=O) groups excluding carboxylic acids is 1. The molecule has 0 radical (unpaired) electrons. The number of carbonyl (C=O) groups is 1. The highest BCUT2D eigenvalue weighted by molar-refractivity contribution is 7.92. The lowest BCUT2D eigenvalue weighted by Gasteiger charge is -2.32. The lowest BCUT2D eigenvalue weighted by molar-refractivity contribution is -0.122. The fraction of sp³-hybridized carbons (Fsp3) is 0.294. The molecular weight excluding hydrogens is 395 g/mol. The van der Waals surface area contributed by atoms with Gasteiger partial charge >= 0.3 is 0 Å². The standard InChI is InChI=1S/C17H18ClFN4O3S/c18-14-8-13(4-5-15(14)19)27(25,26)22-12-3-6-16(21-9-12)23-7-1-2-11(10-23)17(20)24/h3-6,8-9,11,22H,1-2,7,10H2,(H2,20,24). The minimum Gasteiger partial charge on any atom is -0.369 e. The van der Waals surface area contributed by atoms with Crippen molar-refractivity contribution in [2.45, 2.75) is 17.7 Å². The number of nitrogens with zero attached hydrogens (tertiary/aromatic N) is 2. The van der Waals surface area contributed by atoms with Crippen molar-refractivity contribution in [2.75, 3.05) is 22.7 Å². The Labute approximate surface area is 161 Å². The van der Waals surface area contributed by atoms with E-state index in [-0.39, 0.29) is 27.4 Å². The molecule has 1 amide bonds. The summed E-state index contributed by atoms with van der Waals surface area (Å²) in [6.45, 7) is 1.23. The van der Waals surface area contributed by atoms with E-state index in [0.717, 1.165) is 37.6 Å². The van der Waals surface area contributed by atoms with Gasteiger partial charge in [-0.3, -0.25) is 9.52 Å². The van der Waals surface area contributed by atoms with Gasteiger partial charge in [-0.25, -0.2) is 17.8 Å². The van der Waals surface area contributed by atoms with Crippen LogP contribution in [-0.4, -0.2) is 32.4 Å². The van der Waals surface area contributed by atoms with Crippen LogP contribution in [0.5, 0.6) is 0 Å². The number of aromatic nitrogens is 1. The third kappa shape index (κ3) is 4.48. The maximum absolute atomic E-state index is 13.2. The van der Waals surface area contributed by atoms with E-state index in [4.69, 9.17) is 17.3 Å². The molecule has 0 aliphatic carbocycles. The van der Waals surface area contributed by atoms with E-state index in [1.807, 2.05) is 4.90 Å². The van der Waals surface area contributed by atoms with Gasteiger partial charge in [-0.15, -0.1) is 0 Å². The number of anilines is 2. The second kappa shape index (κ2) is 7.69.